The maximum atomic E-state index is 5.96. The lowest BCUT2D eigenvalue weighted by atomic mass is 10.1. The number of aromatic nitrogens is 3. The molecule has 0 aliphatic carbocycles. The fourth-order valence-corrected chi connectivity index (χ4v) is 3.01. The Morgan fingerprint density at radius 3 is 3.06 bits per heavy atom. The third-order valence-electron chi connectivity index (χ3n) is 2.78. The fraction of sp³-hybridized carbons (Fsp3) is 0.400. The summed E-state index contributed by atoms with van der Waals surface area (Å²) >= 11 is 7.45. The Labute approximate surface area is 102 Å². The van der Waals surface area contributed by atoms with E-state index >= 15 is 0 Å². The topological polar surface area (TPSA) is 56.7 Å². The molecule has 3 rings (SSSR count). The van der Waals surface area contributed by atoms with Gasteiger partial charge in [0.25, 0.3) is 0 Å². The molecular weight excluding hydrogens is 244 g/mol. The highest BCUT2D eigenvalue weighted by Crippen LogP contribution is 2.31. The zero-order valence-electron chi connectivity index (χ0n) is 8.56. The normalized spacial score (nSPS) is 19.8. The second-order valence-electron chi connectivity index (χ2n) is 3.95. The Morgan fingerprint density at radius 1 is 1.44 bits per heavy atom. The molecule has 6 heteroatoms. The van der Waals surface area contributed by atoms with Crippen LogP contribution in [-0.2, 0) is 13.0 Å². The van der Waals surface area contributed by atoms with Crippen LogP contribution in [0, 0.1) is 0 Å². The number of aryl methyl sites for hydroxylation is 1. The maximum Gasteiger partial charge on any atom is 0.174 e. The Morgan fingerprint density at radius 2 is 2.31 bits per heavy atom. The van der Waals surface area contributed by atoms with Crippen LogP contribution in [0.4, 0.5) is 0 Å². The number of hydrogen-bond acceptors (Lipinski definition) is 4. The number of hydrogen-bond donors (Lipinski definition) is 1. The number of thiophene rings is 1. The molecule has 16 heavy (non-hydrogen) atoms. The van der Waals surface area contributed by atoms with Gasteiger partial charge in [0.2, 0.25) is 0 Å². The van der Waals surface area contributed by atoms with Crippen LogP contribution in [0.3, 0.4) is 0 Å². The molecule has 0 bridgehead atoms. The first-order valence-corrected chi connectivity index (χ1v) is 6.37. The lowest BCUT2D eigenvalue weighted by Gasteiger charge is -2.20. The number of rotatable bonds is 1. The van der Waals surface area contributed by atoms with Gasteiger partial charge in [-0.3, -0.25) is 0 Å². The number of fused-ring (bicyclic) bond motifs is 1. The van der Waals surface area contributed by atoms with Crippen LogP contribution in [0.25, 0.3) is 10.7 Å². The van der Waals surface area contributed by atoms with Crippen molar-refractivity contribution >= 4 is 22.9 Å². The van der Waals surface area contributed by atoms with E-state index in [0.717, 1.165) is 40.2 Å². The second kappa shape index (κ2) is 3.84. The SMILES string of the molecule is NC1CCc2nnc(-c3ccc(Cl)s3)n2C1. The molecular formula is C10H11ClN4S. The summed E-state index contributed by atoms with van der Waals surface area (Å²) in [6.45, 7) is 0.799. The van der Waals surface area contributed by atoms with Crippen LogP contribution in [0.5, 0.6) is 0 Å². The van der Waals surface area contributed by atoms with Crippen LogP contribution in [0.2, 0.25) is 4.34 Å². The first-order valence-electron chi connectivity index (χ1n) is 5.17. The van der Waals surface area contributed by atoms with E-state index in [9.17, 15) is 0 Å². The van der Waals surface area contributed by atoms with Crippen molar-refractivity contribution in [3.05, 3.63) is 22.3 Å². The molecule has 1 unspecified atom stereocenters. The van der Waals surface area contributed by atoms with Crippen molar-refractivity contribution in [3.63, 3.8) is 0 Å². The van der Waals surface area contributed by atoms with Gasteiger partial charge in [-0.05, 0) is 18.6 Å². The largest absolute Gasteiger partial charge is 0.326 e. The summed E-state index contributed by atoms with van der Waals surface area (Å²) in [6, 6.07) is 4.06. The summed E-state index contributed by atoms with van der Waals surface area (Å²) in [5.41, 5.74) is 5.96. The van der Waals surface area contributed by atoms with Crippen molar-refractivity contribution in [2.24, 2.45) is 5.73 Å². The van der Waals surface area contributed by atoms with Gasteiger partial charge in [0.15, 0.2) is 5.82 Å². The van der Waals surface area contributed by atoms with Gasteiger partial charge in [-0.15, -0.1) is 21.5 Å². The molecule has 2 aromatic heterocycles. The average molecular weight is 255 g/mol. The molecule has 0 saturated heterocycles. The van der Waals surface area contributed by atoms with E-state index in [-0.39, 0.29) is 6.04 Å². The molecule has 1 aliphatic heterocycles. The van der Waals surface area contributed by atoms with Gasteiger partial charge >= 0.3 is 0 Å². The lowest BCUT2D eigenvalue weighted by molar-refractivity contribution is 0.456. The first-order chi connectivity index (χ1) is 7.74. The van der Waals surface area contributed by atoms with Crippen LogP contribution in [-0.4, -0.2) is 20.8 Å². The first kappa shape index (κ1) is 10.3. The summed E-state index contributed by atoms with van der Waals surface area (Å²) in [4.78, 5) is 1.05. The highest BCUT2D eigenvalue weighted by molar-refractivity contribution is 7.19. The standard InChI is InChI=1S/C10H11ClN4S/c11-8-3-2-7(16-8)10-14-13-9-4-1-6(12)5-15(9)10/h2-3,6H,1,4-5,12H2. The van der Waals surface area contributed by atoms with Crippen molar-refractivity contribution < 1.29 is 0 Å². The highest BCUT2D eigenvalue weighted by atomic mass is 35.5. The van der Waals surface area contributed by atoms with Crippen molar-refractivity contribution in [1.82, 2.24) is 14.8 Å². The predicted molar refractivity (Wildman–Crippen MR) is 64.6 cm³/mol. The number of nitrogens with zero attached hydrogens (tertiary/aromatic N) is 3. The van der Waals surface area contributed by atoms with Crippen LogP contribution in [0.1, 0.15) is 12.2 Å². The van der Waals surface area contributed by atoms with Gasteiger partial charge in [-0.25, -0.2) is 0 Å². The molecule has 0 aromatic carbocycles. The van der Waals surface area contributed by atoms with Crippen LogP contribution >= 0.6 is 22.9 Å². The van der Waals surface area contributed by atoms with Crippen LogP contribution in [0.15, 0.2) is 12.1 Å². The van der Waals surface area contributed by atoms with Gasteiger partial charge in [0.1, 0.15) is 5.82 Å². The zero-order chi connectivity index (χ0) is 11.1. The van der Waals surface area contributed by atoms with E-state index in [1.807, 2.05) is 12.1 Å². The average Bonchev–Trinajstić information content (AvgIpc) is 2.83. The summed E-state index contributed by atoms with van der Waals surface area (Å²) in [7, 11) is 0. The molecule has 0 fully saturated rings. The highest BCUT2D eigenvalue weighted by Gasteiger charge is 2.21. The summed E-state index contributed by atoms with van der Waals surface area (Å²) in [6.07, 6.45) is 1.90. The molecule has 84 valence electrons. The van der Waals surface area contributed by atoms with Crippen molar-refractivity contribution in [3.8, 4) is 10.7 Å². The minimum atomic E-state index is 0.206. The Bertz CT molecular complexity index is 519. The van der Waals surface area contributed by atoms with Crippen molar-refractivity contribution in [2.45, 2.75) is 25.4 Å². The number of halogens is 1. The summed E-state index contributed by atoms with van der Waals surface area (Å²) < 4.78 is 2.88. The molecule has 2 N–H and O–H groups in total. The van der Waals surface area contributed by atoms with Gasteiger partial charge in [0, 0.05) is 19.0 Å². The molecule has 3 heterocycles. The minimum Gasteiger partial charge on any atom is -0.326 e. The quantitative estimate of drug-likeness (QED) is 0.846. The van der Waals surface area contributed by atoms with E-state index in [1.54, 1.807) is 0 Å². The smallest absolute Gasteiger partial charge is 0.174 e. The minimum absolute atomic E-state index is 0.206. The summed E-state index contributed by atoms with van der Waals surface area (Å²) in [5.74, 6) is 1.92. The van der Waals surface area contributed by atoms with E-state index in [1.165, 1.54) is 11.3 Å². The van der Waals surface area contributed by atoms with Crippen molar-refractivity contribution in [2.75, 3.05) is 0 Å². The van der Waals surface area contributed by atoms with E-state index in [0.29, 0.717) is 0 Å². The molecule has 1 aliphatic rings. The maximum absolute atomic E-state index is 5.96. The molecule has 0 amide bonds. The molecule has 0 saturated carbocycles. The number of nitrogens with two attached hydrogens (primary N) is 1. The predicted octanol–water partition coefficient (Wildman–Crippen LogP) is 1.93. The van der Waals surface area contributed by atoms with Crippen molar-refractivity contribution in [1.29, 1.82) is 0 Å². The fourth-order valence-electron chi connectivity index (χ4n) is 1.97. The molecule has 4 nitrogen and oxygen atoms in total. The summed E-state index contributed by atoms with van der Waals surface area (Å²) in [5, 5.41) is 8.42. The van der Waals surface area contributed by atoms with Crippen LogP contribution < -0.4 is 5.73 Å². The molecule has 0 spiro atoms. The monoisotopic (exact) mass is 254 g/mol. The second-order valence-corrected chi connectivity index (χ2v) is 5.67. The Hall–Kier alpha value is -0.910. The van der Waals surface area contributed by atoms with E-state index in [4.69, 9.17) is 17.3 Å². The van der Waals surface area contributed by atoms with Gasteiger partial charge in [-0.2, -0.15) is 0 Å². The zero-order valence-corrected chi connectivity index (χ0v) is 10.1. The van der Waals surface area contributed by atoms with E-state index in [2.05, 4.69) is 14.8 Å². The van der Waals surface area contributed by atoms with Gasteiger partial charge in [0.05, 0.1) is 9.21 Å². The third-order valence-corrected chi connectivity index (χ3v) is 4.00. The molecule has 1 atom stereocenters. The Kier molecular flexibility index (Phi) is 2.46. The van der Waals surface area contributed by atoms with E-state index < -0.39 is 0 Å². The van der Waals surface area contributed by atoms with Gasteiger partial charge in [-0.1, -0.05) is 11.6 Å². The lowest BCUT2D eigenvalue weighted by Crippen LogP contribution is -2.32. The van der Waals surface area contributed by atoms with Gasteiger partial charge < -0.3 is 10.3 Å². The third kappa shape index (κ3) is 1.65. The molecule has 2 aromatic rings. The Balaban J connectivity index is 2.06. The molecule has 0 radical (unpaired) electrons.